The molecule has 72 heavy (non-hydrogen) atoms. The van der Waals surface area contributed by atoms with Gasteiger partial charge in [0.1, 0.15) is 30.2 Å². The normalized spacial score (nSPS) is 17.2. The molecule has 5 N–H and O–H groups in total. The Morgan fingerprint density at radius 1 is 0.806 bits per heavy atom. The maximum absolute atomic E-state index is 14.1. The Labute approximate surface area is 432 Å². The summed E-state index contributed by atoms with van der Waals surface area (Å²) in [6, 6.07) is 31.4. The van der Waals surface area contributed by atoms with E-state index >= 15 is 0 Å². The van der Waals surface area contributed by atoms with Gasteiger partial charge in [-0.1, -0.05) is 99.6 Å². The van der Waals surface area contributed by atoms with Gasteiger partial charge in [0.05, 0.1) is 28.7 Å². The van der Waals surface area contributed by atoms with Gasteiger partial charge in [-0.15, -0.1) is 22.9 Å². The van der Waals surface area contributed by atoms with Crippen molar-refractivity contribution in [1.29, 1.82) is 0 Å². The second-order valence-electron chi connectivity index (χ2n) is 19.6. The van der Waals surface area contributed by atoms with E-state index in [1.165, 1.54) is 4.90 Å². The van der Waals surface area contributed by atoms with E-state index in [4.69, 9.17) is 16.3 Å². The van der Waals surface area contributed by atoms with E-state index in [0.29, 0.717) is 50.7 Å². The van der Waals surface area contributed by atoms with Crippen LogP contribution < -0.4 is 20.7 Å². The first-order chi connectivity index (χ1) is 34.7. The number of β-amino-alcohol motifs (C(OH)–C–C–N with tert-alkyl or cyclic N) is 1. The number of thiazole rings is 1. The monoisotopic (exact) mass is 1020 g/mol. The molecule has 382 valence electrons. The summed E-state index contributed by atoms with van der Waals surface area (Å²) in [5.41, 5.74) is 9.26. The van der Waals surface area contributed by atoms with Gasteiger partial charge in [-0.25, -0.2) is 4.98 Å². The predicted molar refractivity (Wildman–Crippen MR) is 285 cm³/mol. The molecule has 0 radical (unpaired) electrons. The minimum Gasteiger partial charge on any atom is -0.508 e. The van der Waals surface area contributed by atoms with Crippen molar-refractivity contribution in [1.82, 2.24) is 35.6 Å². The quantitative estimate of drug-likeness (QED) is 0.0289. The second kappa shape index (κ2) is 25.5. The molecular weight excluding hydrogens is 950 g/mol. The number of aliphatic hydroxyl groups is 1. The Kier molecular flexibility index (Phi) is 19.0. The van der Waals surface area contributed by atoms with E-state index in [-0.39, 0.29) is 55.3 Å². The topological polar surface area (TPSA) is 177 Å². The molecule has 16 heteroatoms. The lowest BCUT2D eigenvalue weighted by Crippen LogP contribution is -2.58. The zero-order valence-electron chi connectivity index (χ0n) is 41.7. The molecule has 0 aliphatic carbocycles. The van der Waals surface area contributed by atoms with E-state index in [9.17, 15) is 29.4 Å². The summed E-state index contributed by atoms with van der Waals surface area (Å²) in [5, 5.41) is 29.5. The van der Waals surface area contributed by atoms with Gasteiger partial charge in [-0.3, -0.25) is 19.2 Å². The van der Waals surface area contributed by atoms with E-state index in [1.54, 1.807) is 23.5 Å². The van der Waals surface area contributed by atoms with Gasteiger partial charge < -0.3 is 45.6 Å². The lowest BCUT2D eigenvalue weighted by molar-refractivity contribution is -0.144. The summed E-state index contributed by atoms with van der Waals surface area (Å²) >= 11 is 7.89. The number of aliphatic hydroxyl groups excluding tert-OH is 1. The molecule has 3 atom stereocenters. The number of hydrogen-bond acceptors (Lipinski definition) is 11. The van der Waals surface area contributed by atoms with Crippen LogP contribution in [0.2, 0.25) is 0 Å². The van der Waals surface area contributed by atoms with Crippen LogP contribution in [0.5, 0.6) is 11.5 Å². The lowest BCUT2D eigenvalue weighted by Gasteiger charge is -2.36. The first-order valence-electron chi connectivity index (χ1n) is 24.8. The number of phenolic OH excluding ortho intramolecular Hbond substituents is 1. The fourth-order valence-electron chi connectivity index (χ4n) is 9.23. The Hall–Kier alpha value is -6.10. The number of hydrogen-bond donors (Lipinski definition) is 5. The highest BCUT2D eigenvalue weighted by Crippen LogP contribution is 2.36. The third-order valence-electron chi connectivity index (χ3n) is 13.2. The summed E-state index contributed by atoms with van der Waals surface area (Å²) in [6.07, 6.45) is 0.477. The number of aromatic nitrogens is 1. The van der Waals surface area contributed by atoms with Crippen LogP contribution in [-0.2, 0) is 25.7 Å². The number of allylic oxidation sites excluding steroid dienone is 1. The first-order valence-corrected chi connectivity index (χ1v) is 26.2. The summed E-state index contributed by atoms with van der Waals surface area (Å²) in [6.45, 7) is 12.7. The average Bonchev–Trinajstić information content (AvgIpc) is 4.00. The van der Waals surface area contributed by atoms with E-state index in [2.05, 4.69) is 42.9 Å². The molecule has 2 saturated heterocycles. The first kappa shape index (κ1) is 53.7. The third kappa shape index (κ3) is 14.8. The minimum atomic E-state index is -0.899. The number of carbonyl (C=O) groups excluding carboxylic acids is 4. The Morgan fingerprint density at radius 3 is 2.03 bits per heavy atom. The van der Waals surface area contributed by atoms with E-state index in [1.807, 2.05) is 112 Å². The highest BCUT2D eigenvalue weighted by atomic mass is 35.5. The molecule has 2 aliphatic heterocycles. The number of ether oxygens (including phenoxy) is 1. The number of nitrogens with zero attached hydrogens (tertiary/aromatic N) is 4. The standard InChI is InChI=1S/C56H68ClN7O7S/c1-38-52(72-37-60-38)43-12-10-39(11-13-43)35-59-54(69)48-34-45(66)36-64(48)55(70)53(56(2,3)4)61-50(68)24-28-63-31-29-62(30-32-63)27-23-49(67)58-26-33-71-46-20-16-42(17-21-46)51(41-14-18-44(65)19-15-41)47(22-25-57)40-8-6-5-7-9-40/h5-21,37,45,48,53,65-66H,22-36H2,1-4H3,(H,58,67)(H,59,69)(H,61,68)/t45-,48+,53?/m1/s1. The predicted octanol–water partition coefficient (Wildman–Crippen LogP) is 7.11. The summed E-state index contributed by atoms with van der Waals surface area (Å²) in [4.78, 5) is 65.1. The minimum absolute atomic E-state index is 0.00926. The number of benzene rings is 4. The molecule has 0 saturated carbocycles. The molecule has 7 rings (SSSR count). The number of likely N-dealkylation sites (tertiary alicyclic amines) is 1. The van der Waals surface area contributed by atoms with Crippen molar-refractivity contribution in [3.8, 4) is 21.9 Å². The molecule has 3 heterocycles. The summed E-state index contributed by atoms with van der Waals surface area (Å²) < 4.78 is 6.00. The molecule has 4 aromatic carbocycles. The molecule has 0 bridgehead atoms. The van der Waals surface area contributed by atoms with Crippen molar-refractivity contribution in [3.05, 3.63) is 137 Å². The summed E-state index contributed by atoms with van der Waals surface area (Å²) in [5.74, 6) is 0.294. The van der Waals surface area contributed by atoms with Gasteiger partial charge >= 0.3 is 0 Å². The average molecular weight is 1020 g/mol. The molecule has 4 amide bonds. The van der Waals surface area contributed by atoms with Crippen LogP contribution in [-0.4, -0.2) is 137 Å². The maximum atomic E-state index is 14.1. The molecular formula is C56H68ClN7O7S. The maximum Gasteiger partial charge on any atom is 0.246 e. The van der Waals surface area contributed by atoms with Crippen molar-refractivity contribution in [3.63, 3.8) is 0 Å². The number of rotatable bonds is 21. The summed E-state index contributed by atoms with van der Waals surface area (Å²) in [7, 11) is 0. The van der Waals surface area contributed by atoms with Crippen molar-refractivity contribution < 1.29 is 34.1 Å². The zero-order chi connectivity index (χ0) is 51.2. The second-order valence-corrected chi connectivity index (χ2v) is 20.8. The number of amides is 4. The number of halogens is 1. The van der Waals surface area contributed by atoms with Gasteiger partial charge in [-0.05, 0) is 82.0 Å². The van der Waals surface area contributed by atoms with E-state index in [0.717, 1.165) is 75.7 Å². The fourth-order valence-corrected chi connectivity index (χ4v) is 10.2. The molecule has 1 aromatic heterocycles. The van der Waals surface area contributed by atoms with Gasteiger partial charge in [-0.2, -0.15) is 0 Å². The Balaban J connectivity index is 0.806. The zero-order valence-corrected chi connectivity index (χ0v) is 43.3. The van der Waals surface area contributed by atoms with Crippen LogP contribution >= 0.6 is 22.9 Å². The number of phenols is 1. The fraction of sp³-hybridized carbons (Fsp3) is 0.411. The van der Waals surface area contributed by atoms with E-state index < -0.39 is 23.6 Å². The van der Waals surface area contributed by atoms with Crippen LogP contribution in [0.4, 0.5) is 0 Å². The largest absolute Gasteiger partial charge is 0.508 e. The lowest BCUT2D eigenvalue weighted by atomic mass is 9.85. The molecule has 2 aliphatic rings. The van der Waals surface area contributed by atoms with Crippen LogP contribution in [0.15, 0.2) is 109 Å². The van der Waals surface area contributed by atoms with Crippen LogP contribution in [0, 0.1) is 12.3 Å². The number of carbonyl (C=O) groups is 4. The number of piperazine rings is 1. The smallest absolute Gasteiger partial charge is 0.246 e. The number of aromatic hydroxyl groups is 1. The molecule has 1 unspecified atom stereocenters. The van der Waals surface area contributed by atoms with Gasteiger partial charge in [0.2, 0.25) is 23.6 Å². The number of nitrogens with one attached hydrogen (secondary N) is 3. The van der Waals surface area contributed by atoms with Gasteiger partial charge in [0.25, 0.3) is 0 Å². The van der Waals surface area contributed by atoms with Crippen LogP contribution in [0.25, 0.3) is 21.6 Å². The Morgan fingerprint density at radius 2 is 1.43 bits per heavy atom. The van der Waals surface area contributed by atoms with Crippen LogP contribution in [0.1, 0.15) is 74.4 Å². The van der Waals surface area contributed by atoms with Crippen molar-refractivity contribution in [2.75, 3.05) is 64.8 Å². The molecule has 0 spiro atoms. The number of alkyl halides is 1. The Bertz CT molecular complexity index is 2610. The molecule has 5 aromatic rings. The van der Waals surface area contributed by atoms with Gasteiger partial charge in [0.15, 0.2) is 0 Å². The van der Waals surface area contributed by atoms with Crippen molar-refractivity contribution in [2.45, 2.75) is 78.1 Å². The third-order valence-corrected chi connectivity index (χ3v) is 14.4. The molecule has 2 fully saturated rings. The highest BCUT2D eigenvalue weighted by Gasteiger charge is 2.44. The molecule has 14 nitrogen and oxygen atoms in total. The van der Waals surface area contributed by atoms with Crippen molar-refractivity contribution in [2.24, 2.45) is 5.41 Å². The number of aryl methyl sites for hydroxylation is 1. The SMILES string of the molecule is Cc1ncsc1-c1ccc(CNC(=O)[C@@H]2C[C@@H](O)CN2C(=O)C(NC(=O)CCN2CCN(CCC(=O)NCCOc3ccc(C(=C(CCCl)c4ccccc4)c4ccc(O)cc4)cc3)CC2)C(C)(C)C)cc1. The van der Waals surface area contributed by atoms with Crippen LogP contribution in [0.3, 0.4) is 0 Å². The van der Waals surface area contributed by atoms with Gasteiger partial charge in [0, 0.05) is 77.5 Å². The van der Waals surface area contributed by atoms with Crippen molar-refractivity contribution >= 4 is 57.7 Å². The highest BCUT2D eigenvalue weighted by molar-refractivity contribution is 7.13.